The van der Waals surface area contributed by atoms with Crippen molar-refractivity contribution in [2.75, 3.05) is 5.32 Å². The Labute approximate surface area is 151 Å². The maximum Gasteiger partial charge on any atom is 0.331 e. The third-order valence-electron chi connectivity index (χ3n) is 3.11. The summed E-state index contributed by atoms with van der Waals surface area (Å²) in [4.78, 5) is 23.7. The normalized spacial score (nSPS) is 12.0. The number of benzene rings is 2. The van der Waals surface area contributed by atoms with Gasteiger partial charge >= 0.3 is 5.97 Å². The highest BCUT2D eigenvalue weighted by molar-refractivity contribution is 9.10. The standard InChI is InChI=1S/C18H14BrF2NO3/c1-11(18(24)22-16-10-14(20)6-7-15(16)21)25-17(23)8-5-12-3-2-4-13(19)9-12/h2-11H,1H3,(H,22,24)/b8-5+/t11-/m1/s1. The summed E-state index contributed by atoms with van der Waals surface area (Å²) < 4.78 is 32.4. The van der Waals surface area contributed by atoms with Crippen molar-refractivity contribution in [2.45, 2.75) is 13.0 Å². The minimum absolute atomic E-state index is 0.322. The molecular weight excluding hydrogens is 396 g/mol. The van der Waals surface area contributed by atoms with Crippen LogP contribution in [0.25, 0.3) is 6.08 Å². The second kappa shape index (κ2) is 8.53. The van der Waals surface area contributed by atoms with Crippen molar-refractivity contribution in [1.29, 1.82) is 0 Å². The molecule has 0 aliphatic rings. The molecule has 0 radical (unpaired) electrons. The van der Waals surface area contributed by atoms with Crippen molar-refractivity contribution in [3.05, 3.63) is 70.2 Å². The second-order valence-electron chi connectivity index (χ2n) is 5.08. The zero-order chi connectivity index (χ0) is 18.4. The Hall–Kier alpha value is -2.54. The van der Waals surface area contributed by atoms with Crippen LogP contribution < -0.4 is 5.32 Å². The van der Waals surface area contributed by atoms with Crippen LogP contribution in [0.1, 0.15) is 12.5 Å². The Morgan fingerprint density at radius 2 is 1.96 bits per heavy atom. The molecule has 0 aliphatic carbocycles. The summed E-state index contributed by atoms with van der Waals surface area (Å²) in [5, 5.41) is 2.18. The first-order chi connectivity index (χ1) is 11.8. The van der Waals surface area contributed by atoms with Gasteiger partial charge in [0.25, 0.3) is 5.91 Å². The lowest BCUT2D eigenvalue weighted by Crippen LogP contribution is -2.29. The number of hydrogen-bond acceptors (Lipinski definition) is 3. The van der Waals surface area contributed by atoms with E-state index >= 15 is 0 Å². The molecule has 0 saturated carbocycles. The number of nitrogens with one attached hydrogen (secondary N) is 1. The maximum absolute atomic E-state index is 13.5. The van der Waals surface area contributed by atoms with Gasteiger partial charge in [0.1, 0.15) is 11.6 Å². The summed E-state index contributed by atoms with van der Waals surface area (Å²) in [6.07, 6.45) is 1.53. The van der Waals surface area contributed by atoms with Gasteiger partial charge in [-0.2, -0.15) is 0 Å². The van der Waals surface area contributed by atoms with Gasteiger partial charge in [-0.05, 0) is 42.8 Å². The number of halogens is 3. The quantitative estimate of drug-likeness (QED) is 0.591. The Morgan fingerprint density at radius 1 is 1.20 bits per heavy atom. The molecule has 2 rings (SSSR count). The smallest absolute Gasteiger partial charge is 0.331 e. The van der Waals surface area contributed by atoms with E-state index < -0.39 is 29.6 Å². The molecule has 0 aromatic heterocycles. The molecule has 1 atom stereocenters. The minimum atomic E-state index is -1.18. The minimum Gasteiger partial charge on any atom is -0.449 e. The summed E-state index contributed by atoms with van der Waals surface area (Å²) >= 11 is 3.31. The second-order valence-corrected chi connectivity index (χ2v) is 6.00. The zero-order valence-electron chi connectivity index (χ0n) is 13.1. The van der Waals surface area contributed by atoms with Crippen molar-refractivity contribution in [1.82, 2.24) is 0 Å². The van der Waals surface area contributed by atoms with E-state index in [0.29, 0.717) is 0 Å². The predicted molar refractivity (Wildman–Crippen MR) is 93.7 cm³/mol. The number of carbonyl (C=O) groups excluding carboxylic acids is 2. The Balaban J connectivity index is 1.94. The monoisotopic (exact) mass is 409 g/mol. The van der Waals surface area contributed by atoms with Crippen LogP contribution in [-0.2, 0) is 14.3 Å². The molecule has 1 amide bonds. The first-order valence-corrected chi connectivity index (χ1v) is 8.04. The molecule has 130 valence electrons. The molecule has 2 aromatic rings. The van der Waals surface area contributed by atoms with Crippen LogP contribution >= 0.6 is 15.9 Å². The summed E-state index contributed by atoms with van der Waals surface area (Å²) in [5.41, 5.74) is 0.447. The fraction of sp³-hybridized carbons (Fsp3) is 0.111. The lowest BCUT2D eigenvalue weighted by atomic mass is 10.2. The molecule has 4 nitrogen and oxygen atoms in total. The van der Waals surface area contributed by atoms with Crippen LogP contribution in [0.3, 0.4) is 0 Å². The number of ether oxygens (including phenoxy) is 1. The highest BCUT2D eigenvalue weighted by atomic mass is 79.9. The molecule has 0 saturated heterocycles. The van der Waals surface area contributed by atoms with Crippen molar-refractivity contribution in [3.8, 4) is 0 Å². The van der Waals surface area contributed by atoms with E-state index in [-0.39, 0.29) is 5.69 Å². The lowest BCUT2D eigenvalue weighted by molar-refractivity contribution is -0.148. The van der Waals surface area contributed by atoms with Crippen LogP contribution in [0.15, 0.2) is 53.0 Å². The molecule has 0 unspecified atom stereocenters. The molecule has 0 fully saturated rings. The van der Waals surface area contributed by atoms with E-state index in [1.807, 2.05) is 6.07 Å². The van der Waals surface area contributed by atoms with Gasteiger partial charge in [-0.1, -0.05) is 28.1 Å². The number of rotatable bonds is 5. The average molecular weight is 410 g/mol. The zero-order valence-corrected chi connectivity index (χ0v) is 14.7. The van der Waals surface area contributed by atoms with Gasteiger partial charge in [0.05, 0.1) is 5.69 Å². The summed E-state index contributed by atoms with van der Waals surface area (Å²) in [6.45, 7) is 1.33. The third kappa shape index (κ3) is 5.79. The van der Waals surface area contributed by atoms with E-state index in [2.05, 4.69) is 21.2 Å². The molecule has 0 spiro atoms. The topological polar surface area (TPSA) is 55.4 Å². The molecule has 2 aromatic carbocycles. The van der Waals surface area contributed by atoms with E-state index in [1.165, 1.54) is 19.1 Å². The van der Waals surface area contributed by atoms with Gasteiger partial charge in [-0.15, -0.1) is 0 Å². The lowest BCUT2D eigenvalue weighted by Gasteiger charge is -2.12. The first kappa shape index (κ1) is 18.8. The molecule has 7 heteroatoms. The molecule has 0 heterocycles. The summed E-state index contributed by atoms with van der Waals surface area (Å²) in [7, 11) is 0. The van der Waals surface area contributed by atoms with Gasteiger partial charge in [0, 0.05) is 16.6 Å². The highest BCUT2D eigenvalue weighted by Gasteiger charge is 2.18. The molecular formula is C18H14BrF2NO3. The fourth-order valence-electron chi connectivity index (χ4n) is 1.87. The van der Waals surface area contributed by atoms with E-state index in [1.54, 1.807) is 18.2 Å². The van der Waals surface area contributed by atoms with Gasteiger partial charge < -0.3 is 10.1 Å². The van der Waals surface area contributed by atoms with Gasteiger partial charge in [-0.3, -0.25) is 4.79 Å². The highest BCUT2D eigenvalue weighted by Crippen LogP contribution is 2.16. The number of hydrogen-bond donors (Lipinski definition) is 1. The Kier molecular flexibility index (Phi) is 6.41. The maximum atomic E-state index is 13.5. The van der Waals surface area contributed by atoms with Crippen LogP contribution in [0.2, 0.25) is 0 Å². The number of carbonyl (C=O) groups is 2. The van der Waals surface area contributed by atoms with Crippen LogP contribution in [0.5, 0.6) is 0 Å². The first-order valence-electron chi connectivity index (χ1n) is 7.25. The molecule has 25 heavy (non-hydrogen) atoms. The predicted octanol–water partition coefficient (Wildman–Crippen LogP) is 4.31. The number of esters is 1. The van der Waals surface area contributed by atoms with Crippen molar-refractivity contribution in [2.24, 2.45) is 0 Å². The van der Waals surface area contributed by atoms with Gasteiger partial charge in [-0.25, -0.2) is 13.6 Å². The number of anilines is 1. The molecule has 0 bridgehead atoms. The van der Waals surface area contributed by atoms with Crippen molar-refractivity contribution in [3.63, 3.8) is 0 Å². The largest absolute Gasteiger partial charge is 0.449 e. The summed E-state index contributed by atoms with van der Waals surface area (Å²) in [5.74, 6) is -2.99. The fourth-order valence-corrected chi connectivity index (χ4v) is 2.29. The average Bonchev–Trinajstić information content (AvgIpc) is 2.56. The van der Waals surface area contributed by atoms with E-state index in [4.69, 9.17) is 4.74 Å². The Bertz CT molecular complexity index is 824. The van der Waals surface area contributed by atoms with E-state index in [9.17, 15) is 18.4 Å². The van der Waals surface area contributed by atoms with Crippen LogP contribution in [-0.4, -0.2) is 18.0 Å². The SMILES string of the molecule is C[C@@H](OC(=O)/C=C/c1cccc(Br)c1)C(=O)Nc1cc(F)ccc1F. The Morgan fingerprint density at radius 3 is 2.68 bits per heavy atom. The van der Waals surface area contributed by atoms with Crippen molar-refractivity contribution >= 4 is 39.6 Å². The van der Waals surface area contributed by atoms with E-state index in [0.717, 1.165) is 28.2 Å². The third-order valence-corrected chi connectivity index (χ3v) is 3.60. The summed E-state index contributed by atoms with van der Waals surface area (Å²) in [6, 6.07) is 9.90. The molecule has 0 aliphatic heterocycles. The number of amides is 1. The van der Waals surface area contributed by atoms with Crippen LogP contribution in [0.4, 0.5) is 14.5 Å². The van der Waals surface area contributed by atoms with Gasteiger partial charge in [0.15, 0.2) is 6.10 Å². The molecule has 1 N–H and O–H groups in total. The van der Waals surface area contributed by atoms with Crippen molar-refractivity contribution < 1.29 is 23.1 Å². The van der Waals surface area contributed by atoms with Gasteiger partial charge in [0.2, 0.25) is 0 Å². The van der Waals surface area contributed by atoms with Crippen LogP contribution in [0, 0.1) is 11.6 Å².